The molecule has 0 fully saturated rings. The van der Waals surface area contributed by atoms with E-state index in [1.807, 2.05) is 38.1 Å². The lowest BCUT2D eigenvalue weighted by Crippen LogP contribution is -2.33. The molecular weight excluding hydrogens is 424 g/mol. The zero-order valence-corrected chi connectivity index (χ0v) is 19.4. The molecule has 0 N–H and O–H groups in total. The van der Waals surface area contributed by atoms with Crippen molar-refractivity contribution in [2.24, 2.45) is 5.92 Å². The van der Waals surface area contributed by atoms with Gasteiger partial charge < -0.3 is 18.9 Å². The Morgan fingerprint density at radius 1 is 1.12 bits per heavy atom. The summed E-state index contributed by atoms with van der Waals surface area (Å²) in [5.74, 6) is 2.32. The maximum Gasteiger partial charge on any atom is 0.248 e. The lowest BCUT2D eigenvalue weighted by Gasteiger charge is -2.32. The molecule has 0 amide bonds. The first kappa shape index (κ1) is 24.2. The normalized spacial score (nSPS) is 15.5. The number of hydrogen-bond donors (Lipinski definition) is 0. The summed E-state index contributed by atoms with van der Waals surface area (Å²) in [5.41, 5.74) is 0.00492. The molecule has 0 spiro atoms. The van der Waals surface area contributed by atoms with E-state index in [0.29, 0.717) is 42.3 Å². The summed E-state index contributed by atoms with van der Waals surface area (Å²) in [4.78, 5) is 11.5. The van der Waals surface area contributed by atoms with E-state index in [1.54, 1.807) is 32.4 Å². The van der Waals surface area contributed by atoms with E-state index in [-0.39, 0.29) is 17.3 Å². The van der Waals surface area contributed by atoms with Gasteiger partial charge in [-0.2, -0.15) is 5.26 Å². The zero-order valence-electron chi connectivity index (χ0n) is 19.4. The van der Waals surface area contributed by atoms with E-state index in [0.717, 1.165) is 5.56 Å². The average Bonchev–Trinajstić information content (AvgIpc) is 3.23. The predicted octanol–water partition coefficient (Wildman–Crippen LogP) is 5.12. The van der Waals surface area contributed by atoms with Crippen molar-refractivity contribution < 1.29 is 23.9 Å². The van der Waals surface area contributed by atoms with Gasteiger partial charge in [-0.1, -0.05) is 32.0 Å². The summed E-state index contributed by atoms with van der Waals surface area (Å²) in [6, 6.07) is 14.4. The molecule has 1 aliphatic heterocycles. The van der Waals surface area contributed by atoms with Crippen molar-refractivity contribution in [3.05, 3.63) is 58.1 Å². The number of ether oxygens (including phenoxy) is 4. The van der Waals surface area contributed by atoms with Crippen LogP contribution in [-0.4, -0.2) is 31.5 Å². The first-order chi connectivity index (χ1) is 15.8. The monoisotopic (exact) mass is 454 g/mol. The van der Waals surface area contributed by atoms with Crippen LogP contribution in [0.15, 0.2) is 42.5 Å². The van der Waals surface area contributed by atoms with Crippen molar-refractivity contribution in [2.45, 2.75) is 57.3 Å². The van der Waals surface area contributed by atoms with E-state index in [9.17, 15) is 15.4 Å². The average molecular weight is 455 g/mol. The molecule has 0 aromatic heterocycles. The molecule has 2 unspecified atom stereocenters. The Morgan fingerprint density at radius 2 is 1.76 bits per heavy atom. The first-order valence-electron chi connectivity index (χ1n) is 11.0. The van der Waals surface area contributed by atoms with Crippen LogP contribution in [0.4, 0.5) is 0 Å². The second-order valence-corrected chi connectivity index (χ2v) is 8.49. The van der Waals surface area contributed by atoms with Crippen LogP contribution in [0.25, 0.3) is 0 Å². The van der Waals surface area contributed by atoms with Crippen molar-refractivity contribution in [3.63, 3.8) is 0 Å². The van der Waals surface area contributed by atoms with E-state index in [4.69, 9.17) is 18.9 Å². The quantitative estimate of drug-likeness (QED) is 0.343. The minimum absolute atomic E-state index is 0.00865. The Kier molecular flexibility index (Phi) is 7.64. The van der Waals surface area contributed by atoms with E-state index in [1.165, 1.54) is 0 Å². The zero-order chi connectivity index (χ0) is 24.0. The van der Waals surface area contributed by atoms with Crippen LogP contribution in [0, 0.1) is 27.4 Å². The Hall–Kier alpha value is -3.47. The standard InChI is InChI=1S/C25H30N2O6/c1-17(2)25(16-26,18-11-12-20(30-3)23(14-18)31-4)13-7-8-19(27(28)29)15-24-32-21-9-5-6-10-22(21)33-24/h5-6,9-12,14,17,19,24H,7-8,13,15H2,1-4H3. The third-order valence-corrected chi connectivity index (χ3v) is 6.32. The second-order valence-electron chi connectivity index (χ2n) is 8.49. The molecule has 2 aromatic rings. The van der Waals surface area contributed by atoms with Gasteiger partial charge in [0.15, 0.2) is 23.0 Å². The molecule has 1 heterocycles. The van der Waals surface area contributed by atoms with Gasteiger partial charge >= 0.3 is 0 Å². The van der Waals surface area contributed by atoms with Crippen LogP contribution in [0.1, 0.15) is 45.1 Å². The molecule has 0 bridgehead atoms. The largest absolute Gasteiger partial charge is 0.493 e. The fraction of sp³-hybridized carbons (Fsp3) is 0.480. The number of benzene rings is 2. The van der Waals surface area contributed by atoms with Gasteiger partial charge in [-0.3, -0.25) is 10.1 Å². The highest BCUT2D eigenvalue weighted by Crippen LogP contribution is 2.41. The van der Waals surface area contributed by atoms with Gasteiger partial charge in [0, 0.05) is 11.3 Å². The molecule has 2 aromatic carbocycles. The lowest BCUT2D eigenvalue weighted by atomic mass is 9.69. The maximum atomic E-state index is 11.7. The van der Waals surface area contributed by atoms with E-state index >= 15 is 0 Å². The van der Waals surface area contributed by atoms with Crippen LogP contribution in [0.3, 0.4) is 0 Å². The van der Waals surface area contributed by atoms with Gasteiger partial charge in [-0.05, 0) is 48.6 Å². The fourth-order valence-corrected chi connectivity index (χ4v) is 4.33. The van der Waals surface area contributed by atoms with Gasteiger partial charge in [0.2, 0.25) is 12.3 Å². The second kappa shape index (κ2) is 10.4. The number of methoxy groups -OCH3 is 2. The summed E-state index contributed by atoms with van der Waals surface area (Å²) in [7, 11) is 3.11. The first-order valence-corrected chi connectivity index (χ1v) is 11.0. The Labute approximate surface area is 194 Å². The van der Waals surface area contributed by atoms with Crippen LogP contribution in [0.2, 0.25) is 0 Å². The molecule has 0 saturated carbocycles. The van der Waals surface area contributed by atoms with Gasteiger partial charge in [0.25, 0.3) is 0 Å². The van der Waals surface area contributed by atoms with Gasteiger partial charge in [-0.25, -0.2) is 0 Å². The molecule has 8 nitrogen and oxygen atoms in total. The van der Waals surface area contributed by atoms with Crippen molar-refractivity contribution in [1.29, 1.82) is 5.26 Å². The van der Waals surface area contributed by atoms with E-state index < -0.39 is 17.7 Å². The molecule has 1 aliphatic rings. The topological polar surface area (TPSA) is 104 Å². The Morgan fingerprint density at radius 3 is 2.27 bits per heavy atom. The summed E-state index contributed by atoms with van der Waals surface area (Å²) in [6.07, 6.45) is 0.753. The lowest BCUT2D eigenvalue weighted by molar-refractivity contribution is -0.527. The van der Waals surface area contributed by atoms with Crippen molar-refractivity contribution in [1.82, 2.24) is 0 Å². The summed E-state index contributed by atoms with van der Waals surface area (Å²) in [5, 5.41) is 21.9. The Bertz CT molecular complexity index is 993. The maximum absolute atomic E-state index is 11.7. The number of nitrogens with zero attached hydrogens (tertiary/aromatic N) is 2. The smallest absolute Gasteiger partial charge is 0.248 e. The SMILES string of the molecule is COc1ccc(C(C#N)(CCCC(CC2Oc3ccccc3O2)[N+](=O)[O-])C(C)C)cc1OC. The van der Waals surface area contributed by atoms with E-state index in [2.05, 4.69) is 6.07 Å². The number of nitriles is 1. The van der Waals surface area contributed by atoms with Crippen molar-refractivity contribution >= 4 is 0 Å². The van der Waals surface area contributed by atoms with Crippen LogP contribution < -0.4 is 18.9 Å². The number of hydrogen-bond acceptors (Lipinski definition) is 7. The number of fused-ring (bicyclic) bond motifs is 1. The summed E-state index contributed by atoms with van der Waals surface area (Å²) in [6.45, 7) is 3.98. The minimum Gasteiger partial charge on any atom is -0.493 e. The van der Waals surface area contributed by atoms with Gasteiger partial charge in [-0.15, -0.1) is 0 Å². The number of para-hydroxylation sites is 2. The Balaban J connectivity index is 1.70. The molecule has 8 heteroatoms. The summed E-state index contributed by atoms with van der Waals surface area (Å²) >= 11 is 0. The molecule has 2 atom stereocenters. The van der Waals surface area contributed by atoms with Crippen molar-refractivity contribution in [2.75, 3.05) is 14.2 Å². The molecule has 0 saturated heterocycles. The number of rotatable bonds is 11. The van der Waals surface area contributed by atoms with Crippen LogP contribution >= 0.6 is 0 Å². The molecule has 176 valence electrons. The predicted molar refractivity (Wildman–Crippen MR) is 122 cm³/mol. The van der Waals surface area contributed by atoms with Gasteiger partial charge in [0.1, 0.15) is 0 Å². The summed E-state index contributed by atoms with van der Waals surface area (Å²) < 4.78 is 22.1. The van der Waals surface area contributed by atoms with Gasteiger partial charge in [0.05, 0.1) is 32.1 Å². The van der Waals surface area contributed by atoms with Crippen molar-refractivity contribution in [3.8, 4) is 29.1 Å². The minimum atomic E-state index is -0.835. The fourth-order valence-electron chi connectivity index (χ4n) is 4.33. The molecule has 3 rings (SSSR count). The highest BCUT2D eigenvalue weighted by molar-refractivity contribution is 5.47. The highest BCUT2D eigenvalue weighted by atomic mass is 16.7. The molecule has 0 aliphatic carbocycles. The van der Waals surface area contributed by atoms with Crippen LogP contribution in [-0.2, 0) is 5.41 Å². The number of nitro groups is 1. The third kappa shape index (κ3) is 5.14. The molecule has 0 radical (unpaired) electrons. The van der Waals surface area contributed by atoms with Crippen LogP contribution in [0.5, 0.6) is 23.0 Å². The molecule has 33 heavy (non-hydrogen) atoms. The third-order valence-electron chi connectivity index (χ3n) is 6.32. The highest BCUT2D eigenvalue weighted by Gasteiger charge is 2.38. The molecular formula is C25H30N2O6.